The standard InChI is InChI=1S/C25H29NO9/c1-26-6-5-11-7-16-24(33-10-32-16)19-12-3-4-15(23(31-2)13(12)8-14(26)18(11)19)34-25-22(30)21(29)20(28)17(9-27)35-25/h3-4,7,14,17,20-22,25,27-30H,5-6,8-10H2,1-2H3/t14-,17-,20-,21+,22-,25-/m1/s1. The molecule has 4 N–H and O–H groups in total. The first-order valence-corrected chi connectivity index (χ1v) is 11.8. The van der Waals surface area contributed by atoms with Gasteiger partial charge in [0.1, 0.15) is 24.4 Å². The van der Waals surface area contributed by atoms with Gasteiger partial charge in [-0.3, -0.25) is 4.90 Å². The van der Waals surface area contributed by atoms with E-state index in [1.54, 1.807) is 13.2 Å². The number of aliphatic hydroxyl groups is 4. The van der Waals surface area contributed by atoms with E-state index in [1.807, 2.05) is 6.07 Å². The molecule has 0 unspecified atom stereocenters. The zero-order valence-corrected chi connectivity index (χ0v) is 19.5. The maximum atomic E-state index is 10.5. The van der Waals surface area contributed by atoms with Crippen molar-refractivity contribution in [3.63, 3.8) is 0 Å². The smallest absolute Gasteiger partial charge is 0.231 e. The van der Waals surface area contributed by atoms with E-state index in [0.29, 0.717) is 17.9 Å². The summed E-state index contributed by atoms with van der Waals surface area (Å²) >= 11 is 0. The highest BCUT2D eigenvalue weighted by Gasteiger charge is 2.45. The van der Waals surface area contributed by atoms with E-state index in [2.05, 4.69) is 18.0 Å². The molecule has 3 heterocycles. The quantitative estimate of drug-likeness (QED) is 0.479. The number of hydrogen-bond donors (Lipinski definition) is 4. The molecule has 188 valence electrons. The monoisotopic (exact) mass is 487 g/mol. The fourth-order valence-electron chi connectivity index (χ4n) is 5.74. The number of aliphatic hydroxyl groups excluding tert-OH is 4. The van der Waals surface area contributed by atoms with Crippen molar-refractivity contribution in [1.82, 2.24) is 4.90 Å². The molecule has 0 radical (unpaired) electrons. The van der Waals surface area contributed by atoms with Crippen molar-refractivity contribution >= 4 is 0 Å². The molecule has 0 spiro atoms. The molecule has 6 atom stereocenters. The van der Waals surface area contributed by atoms with E-state index in [0.717, 1.165) is 41.2 Å². The van der Waals surface area contributed by atoms with Crippen LogP contribution in [0.25, 0.3) is 11.1 Å². The lowest BCUT2D eigenvalue weighted by Gasteiger charge is -2.41. The largest absolute Gasteiger partial charge is 0.493 e. The minimum atomic E-state index is -1.53. The summed E-state index contributed by atoms with van der Waals surface area (Å²) in [6.45, 7) is 0.554. The number of ether oxygens (including phenoxy) is 5. The van der Waals surface area contributed by atoms with Gasteiger partial charge in [0, 0.05) is 23.7 Å². The first-order chi connectivity index (χ1) is 16.9. The van der Waals surface area contributed by atoms with Gasteiger partial charge in [0.2, 0.25) is 13.1 Å². The highest BCUT2D eigenvalue weighted by atomic mass is 16.7. The number of rotatable bonds is 4. The Labute approximate surface area is 202 Å². The van der Waals surface area contributed by atoms with E-state index in [-0.39, 0.29) is 12.8 Å². The third-order valence-corrected chi connectivity index (χ3v) is 7.58. The fraction of sp³-hybridized carbons (Fsp3) is 0.520. The maximum Gasteiger partial charge on any atom is 0.231 e. The molecule has 0 aromatic heterocycles. The van der Waals surface area contributed by atoms with Crippen LogP contribution in [0, 0.1) is 0 Å². The summed E-state index contributed by atoms with van der Waals surface area (Å²) in [6, 6.07) is 5.87. The Kier molecular flexibility index (Phi) is 5.55. The summed E-state index contributed by atoms with van der Waals surface area (Å²) in [4.78, 5) is 2.32. The van der Waals surface area contributed by atoms with Gasteiger partial charge in [-0.05, 0) is 54.8 Å². The van der Waals surface area contributed by atoms with Crippen LogP contribution < -0.4 is 18.9 Å². The Hall–Kier alpha value is -2.60. The highest BCUT2D eigenvalue weighted by molar-refractivity contribution is 5.86. The molecule has 10 heteroatoms. The molecule has 4 aliphatic rings. The molecular weight excluding hydrogens is 458 g/mol. The molecule has 0 amide bonds. The van der Waals surface area contributed by atoms with Crippen LogP contribution in [-0.2, 0) is 17.6 Å². The van der Waals surface area contributed by atoms with Gasteiger partial charge in [-0.2, -0.15) is 0 Å². The summed E-state index contributed by atoms with van der Waals surface area (Å²) in [6.07, 6.45) is -5.28. The zero-order chi connectivity index (χ0) is 24.4. The predicted molar refractivity (Wildman–Crippen MR) is 122 cm³/mol. The molecule has 0 bridgehead atoms. The molecule has 1 saturated heterocycles. The summed E-state index contributed by atoms with van der Waals surface area (Å²) in [5.74, 6) is 2.29. The van der Waals surface area contributed by atoms with Crippen LogP contribution >= 0.6 is 0 Å². The zero-order valence-electron chi connectivity index (χ0n) is 19.5. The highest BCUT2D eigenvalue weighted by Crippen LogP contribution is 2.56. The molecule has 1 aliphatic carbocycles. The molecule has 3 aliphatic heterocycles. The van der Waals surface area contributed by atoms with E-state index < -0.39 is 37.3 Å². The van der Waals surface area contributed by atoms with Gasteiger partial charge in [0.15, 0.2) is 23.0 Å². The average Bonchev–Trinajstić information content (AvgIpc) is 3.34. The summed E-state index contributed by atoms with van der Waals surface area (Å²) in [5, 5.41) is 40.2. The molecule has 6 rings (SSSR count). The van der Waals surface area contributed by atoms with Gasteiger partial charge < -0.3 is 44.1 Å². The van der Waals surface area contributed by atoms with Crippen LogP contribution in [0.15, 0.2) is 18.2 Å². The van der Waals surface area contributed by atoms with Gasteiger partial charge in [-0.25, -0.2) is 0 Å². The summed E-state index contributed by atoms with van der Waals surface area (Å²) in [5.41, 5.74) is 5.41. The molecule has 2 aromatic carbocycles. The maximum absolute atomic E-state index is 10.5. The number of methoxy groups -OCH3 is 1. The van der Waals surface area contributed by atoms with Crippen molar-refractivity contribution in [1.29, 1.82) is 0 Å². The van der Waals surface area contributed by atoms with E-state index >= 15 is 0 Å². The van der Waals surface area contributed by atoms with E-state index in [1.165, 1.54) is 11.1 Å². The Morgan fingerprint density at radius 2 is 1.94 bits per heavy atom. The van der Waals surface area contributed by atoms with Crippen LogP contribution in [0.2, 0.25) is 0 Å². The van der Waals surface area contributed by atoms with Gasteiger partial charge in [0.25, 0.3) is 0 Å². The van der Waals surface area contributed by atoms with Crippen molar-refractivity contribution in [2.45, 2.75) is 49.6 Å². The van der Waals surface area contributed by atoms with Crippen molar-refractivity contribution in [2.75, 3.05) is 34.1 Å². The molecule has 2 aromatic rings. The first kappa shape index (κ1) is 22.8. The molecule has 10 nitrogen and oxygen atoms in total. The van der Waals surface area contributed by atoms with Crippen LogP contribution in [0.4, 0.5) is 0 Å². The minimum absolute atomic E-state index is 0.118. The average molecular weight is 488 g/mol. The normalized spacial score (nSPS) is 31.0. The number of benzene rings is 2. The third kappa shape index (κ3) is 3.40. The van der Waals surface area contributed by atoms with Crippen molar-refractivity contribution in [3.05, 3.63) is 34.9 Å². The Morgan fingerprint density at radius 1 is 1.11 bits per heavy atom. The number of nitrogens with zero attached hydrogens (tertiary/aromatic N) is 1. The summed E-state index contributed by atoms with van der Waals surface area (Å²) < 4.78 is 29.0. The topological polar surface area (TPSA) is 130 Å². The molecule has 0 saturated carbocycles. The lowest BCUT2D eigenvalue weighted by atomic mass is 9.76. The van der Waals surface area contributed by atoms with Gasteiger partial charge in [-0.1, -0.05) is 0 Å². The molecule has 35 heavy (non-hydrogen) atoms. The second-order valence-corrected chi connectivity index (χ2v) is 9.45. The second kappa shape index (κ2) is 8.51. The van der Waals surface area contributed by atoms with E-state index in [9.17, 15) is 20.4 Å². The summed E-state index contributed by atoms with van der Waals surface area (Å²) in [7, 11) is 3.66. The van der Waals surface area contributed by atoms with Crippen LogP contribution in [0.5, 0.6) is 23.0 Å². The molecule has 1 fully saturated rings. The Morgan fingerprint density at radius 3 is 2.71 bits per heavy atom. The van der Waals surface area contributed by atoms with Crippen molar-refractivity contribution in [3.8, 4) is 34.1 Å². The minimum Gasteiger partial charge on any atom is -0.493 e. The van der Waals surface area contributed by atoms with Gasteiger partial charge in [0.05, 0.1) is 13.7 Å². The second-order valence-electron chi connectivity index (χ2n) is 9.45. The van der Waals surface area contributed by atoms with Crippen LogP contribution in [0.1, 0.15) is 22.7 Å². The van der Waals surface area contributed by atoms with Gasteiger partial charge in [-0.15, -0.1) is 0 Å². The lowest BCUT2D eigenvalue weighted by Crippen LogP contribution is -2.60. The predicted octanol–water partition coefficient (Wildman–Crippen LogP) is 0.355. The number of likely N-dealkylation sites (N-methyl/N-ethyl adjacent to an activating group) is 1. The fourth-order valence-corrected chi connectivity index (χ4v) is 5.74. The van der Waals surface area contributed by atoms with Crippen molar-refractivity contribution in [2.24, 2.45) is 0 Å². The van der Waals surface area contributed by atoms with Gasteiger partial charge >= 0.3 is 0 Å². The SMILES string of the molecule is COc1c(O[C@@H]2O[C@H](CO)[C@@H](O)[C@H](O)[C@H]2O)ccc2c1C[C@@H]1c3c(cc4c(c3-2)OCO4)CCN1C. The third-order valence-electron chi connectivity index (χ3n) is 7.58. The van der Waals surface area contributed by atoms with Crippen LogP contribution in [0.3, 0.4) is 0 Å². The van der Waals surface area contributed by atoms with Crippen molar-refractivity contribution < 1.29 is 44.1 Å². The number of fused-ring (bicyclic) bond motifs is 4. The van der Waals surface area contributed by atoms with E-state index in [4.69, 9.17) is 23.7 Å². The first-order valence-electron chi connectivity index (χ1n) is 11.8. The Bertz CT molecular complexity index is 1150. The molecular formula is C25H29NO9. The number of hydrogen-bond acceptors (Lipinski definition) is 10. The Balaban J connectivity index is 1.44. The van der Waals surface area contributed by atoms with Crippen LogP contribution in [-0.4, -0.2) is 90.1 Å². The lowest BCUT2D eigenvalue weighted by molar-refractivity contribution is -0.277.